The Hall–Kier alpha value is -2.16. The van der Waals surface area contributed by atoms with Gasteiger partial charge in [0.05, 0.1) is 6.61 Å². The Kier molecular flexibility index (Phi) is 8.33. The predicted octanol–water partition coefficient (Wildman–Crippen LogP) is -1.59. The van der Waals surface area contributed by atoms with E-state index in [1.807, 2.05) is 13.8 Å². The normalized spacial score (nSPS) is 19.1. The lowest BCUT2D eigenvalue weighted by Gasteiger charge is -2.23. The van der Waals surface area contributed by atoms with E-state index in [1.165, 1.54) is 0 Å². The third kappa shape index (κ3) is 6.69. The van der Waals surface area contributed by atoms with Crippen LogP contribution in [0.3, 0.4) is 0 Å². The molecule has 0 aromatic rings. The van der Waals surface area contributed by atoms with Crippen LogP contribution in [0.25, 0.3) is 0 Å². The number of nitrogens with one attached hydrogen (secondary N) is 4. The van der Waals surface area contributed by atoms with Gasteiger partial charge in [-0.05, 0) is 25.7 Å². The van der Waals surface area contributed by atoms with Gasteiger partial charge >= 0.3 is 0 Å². The van der Waals surface area contributed by atoms with Gasteiger partial charge in [0.25, 0.3) is 0 Å². The molecular weight excluding hydrogens is 328 g/mol. The molecule has 1 fully saturated rings. The summed E-state index contributed by atoms with van der Waals surface area (Å²) >= 11 is 0. The molecule has 0 spiro atoms. The first-order chi connectivity index (χ1) is 11.8. The van der Waals surface area contributed by atoms with E-state index in [4.69, 9.17) is 0 Å². The van der Waals surface area contributed by atoms with Crippen LogP contribution in [-0.2, 0) is 19.2 Å². The lowest BCUT2D eigenvalue weighted by atomic mass is 10.0. The monoisotopic (exact) mass is 356 g/mol. The Balaban J connectivity index is 2.66. The maximum Gasteiger partial charge on any atom is 0.245 e. The van der Waals surface area contributed by atoms with Crippen molar-refractivity contribution < 1.29 is 24.3 Å². The van der Waals surface area contributed by atoms with Crippen molar-refractivity contribution in [1.29, 1.82) is 0 Å². The second kappa shape index (κ2) is 9.97. The van der Waals surface area contributed by atoms with E-state index in [-0.39, 0.29) is 24.2 Å². The molecule has 3 atom stereocenters. The SMILES string of the molecule is CCNC(=O)[C@H](CC(C)C)NC(=O)[C@@H](CO)NC(=O)[C@H]1CCC(=O)N1. The van der Waals surface area contributed by atoms with E-state index in [9.17, 15) is 24.3 Å². The minimum Gasteiger partial charge on any atom is -0.394 e. The molecular formula is C16H28N4O5. The molecule has 0 aromatic carbocycles. The summed E-state index contributed by atoms with van der Waals surface area (Å²) in [6, 6.07) is -2.64. The predicted molar refractivity (Wildman–Crippen MR) is 90.3 cm³/mol. The summed E-state index contributed by atoms with van der Waals surface area (Å²) in [6.07, 6.45) is 1.03. The van der Waals surface area contributed by atoms with E-state index < -0.39 is 36.5 Å². The zero-order valence-electron chi connectivity index (χ0n) is 14.9. The van der Waals surface area contributed by atoms with Crippen molar-refractivity contribution in [2.24, 2.45) is 5.92 Å². The van der Waals surface area contributed by atoms with Gasteiger partial charge in [-0.15, -0.1) is 0 Å². The third-order valence-corrected chi connectivity index (χ3v) is 3.82. The Morgan fingerprint density at radius 3 is 2.36 bits per heavy atom. The van der Waals surface area contributed by atoms with Gasteiger partial charge in [0.1, 0.15) is 18.1 Å². The highest BCUT2D eigenvalue weighted by Gasteiger charge is 2.31. The van der Waals surface area contributed by atoms with Gasteiger partial charge in [-0.1, -0.05) is 13.8 Å². The molecule has 0 aromatic heterocycles. The largest absolute Gasteiger partial charge is 0.394 e. The summed E-state index contributed by atoms with van der Waals surface area (Å²) in [4.78, 5) is 47.6. The van der Waals surface area contributed by atoms with Gasteiger partial charge in [0.2, 0.25) is 23.6 Å². The second-order valence-electron chi connectivity index (χ2n) is 6.49. The van der Waals surface area contributed by atoms with Crippen molar-refractivity contribution in [3.8, 4) is 0 Å². The molecule has 1 heterocycles. The van der Waals surface area contributed by atoms with Crippen molar-refractivity contribution in [2.75, 3.05) is 13.2 Å². The Bertz CT molecular complexity index is 509. The maximum absolute atomic E-state index is 12.3. The number of aliphatic hydroxyl groups is 1. The molecule has 0 unspecified atom stereocenters. The molecule has 9 heteroatoms. The summed E-state index contributed by atoms with van der Waals surface area (Å²) in [6.45, 7) is 5.45. The number of aliphatic hydroxyl groups excluding tert-OH is 1. The molecule has 0 aliphatic carbocycles. The maximum atomic E-state index is 12.3. The van der Waals surface area contributed by atoms with Crippen molar-refractivity contribution in [3.63, 3.8) is 0 Å². The lowest BCUT2D eigenvalue weighted by molar-refractivity contribution is -0.133. The number of carbonyl (C=O) groups is 4. The number of carbonyl (C=O) groups excluding carboxylic acids is 4. The van der Waals surface area contributed by atoms with E-state index in [2.05, 4.69) is 21.3 Å². The van der Waals surface area contributed by atoms with Gasteiger partial charge in [-0.2, -0.15) is 0 Å². The average Bonchev–Trinajstić information content (AvgIpc) is 2.98. The average molecular weight is 356 g/mol. The van der Waals surface area contributed by atoms with E-state index >= 15 is 0 Å². The first kappa shape index (κ1) is 20.9. The molecule has 1 saturated heterocycles. The Morgan fingerprint density at radius 1 is 1.20 bits per heavy atom. The standard InChI is InChI=1S/C16H28N4O5/c1-4-17-14(23)11(7-9(2)3)19-16(25)12(8-21)20-15(24)10-5-6-13(22)18-10/h9-12,21H,4-8H2,1-3H3,(H,17,23)(H,18,22)(H,19,25)(H,20,24)/t10-,11+,12-/m1/s1. The lowest BCUT2D eigenvalue weighted by Crippen LogP contribution is -2.57. The summed E-state index contributed by atoms with van der Waals surface area (Å²) in [5.41, 5.74) is 0. The highest BCUT2D eigenvalue weighted by molar-refractivity contribution is 5.95. The number of hydrogen-bond donors (Lipinski definition) is 5. The summed E-state index contributed by atoms with van der Waals surface area (Å²) in [5.74, 6) is -1.53. The zero-order chi connectivity index (χ0) is 19.0. The molecule has 0 radical (unpaired) electrons. The molecule has 1 aliphatic rings. The molecule has 1 aliphatic heterocycles. The van der Waals surface area contributed by atoms with E-state index in [1.54, 1.807) is 6.92 Å². The molecule has 4 amide bonds. The number of hydrogen-bond acceptors (Lipinski definition) is 5. The van der Waals surface area contributed by atoms with Crippen LogP contribution in [0.2, 0.25) is 0 Å². The quantitative estimate of drug-likeness (QED) is 0.339. The highest BCUT2D eigenvalue weighted by Crippen LogP contribution is 2.08. The van der Waals surface area contributed by atoms with Gasteiger partial charge in [-0.3, -0.25) is 19.2 Å². The van der Waals surface area contributed by atoms with Gasteiger partial charge in [-0.25, -0.2) is 0 Å². The molecule has 0 bridgehead atoms. The van der Waals surface area contributed by atoms with Crippen LogP contribution in [0.15, 0.2) is 0 Å². The van der Waals surface area contributed by atoms with Crippen molar-refractivity contribution in [2.45, 2.75) is 58.2 Å². The second-order valence-corrected chi connectivity index (χ2v) is 6.49. The van der Waals surface area contributed by atoms with Crippen LogP contribution in [0.4, 0.5) is 0 Å². The number of amides is 4. The summed E-state index contributed by atoms with van der Waals surface area (Å²) < 4.78 is 0. The fraction of sp³-hybridized carbons (Fsp3) is 0.750. The summed E-state index contributed by atoms with van der Waals surface area (Å²) in [7, 11) is 0. The molecule has 1 rings (SSSR count). The van der Waals surface area contributed by atoms with Gasteiger partial charge in [0.15, 0.2) is 0 Å². The highest BCUT2D eigenvalue weighted by atomic mass is 16.3. The Morgan fingerprint density at radius 2 is 1.88 bits per heavy atom. The molecule has 5 N–H and O–H groups in total. The molecule has 0 saturated carbocycles. The van der Waals surface area contributed by atoms with Crippen LogP contribution < -0.4 is 21.3 Å². The van der Waals surface area contributed by atoms with Crippen LogP contribution in [0.5, 0.6) is 0 Å². The van der Waals surface area contributed by atoms with Crippen molar-refractivity contribution in [1.82, 2.24) is 21.3 Å². The van der Waals surface area contributed by atoms with E-state index in [0.717, 1.165) is 0 Å². The fourth-order valence-electron chi connectivity index (χ4n) is 2.55. The van der Waals surface area contributed by atoms with Gasteiger partial charge in [0, 0.05) is 13.0 Å². The van der Waals surface area contributed by atoms with Crippen LogP contribution in [-0.4, -0.2) is 60.0 Å². The zero-order valence-corrected chi connectivity index (χ0v) is 14.9. The van der Waals surface area contributed by atoms with Crippen LogP contribution >= 0.6 is 0 Å². The first-order valence-electron chi connectivity index (χ1n) is 8.57. The van der Waals surface area contributed by atoms with Crippen molar-refractivity contribution in [3.05, 3.63) is 0 Å². The fourth-order valence-corrected chi connectivity index (χ4v) is 2.55. The number of likely N-dealkylation sites (N-methyl/N-ethyl adjacent to an activating group) is 1. The van der Waals surface area contributed by atoms with Crippen molar-refractivity contribution >= 4 is 23.6 Å². The minimum absolute atomic E-state index is 0.170. The molecule has 142 valence electrons. The topological polar surface area (TPSA) is 137 Å². The summed E-state index contributed by atoms with van der Waals surface area (Å²) in [5, 5.41) is 19.5. The van der Waals surface area contributed by atoms with Crippen LogP contribution in [0, 0.1) is 5.92 Å². The minimum atomic E-state index is -1.19. The first-order valence-corrected chi connectivity index (χ1v) is 8.57. The molecule has 9 nitrogen and oxygen atoms in total. The smallest absolute Gasteiger partial charge is 0.245 e. The Labute approximate surface area is 147 Å². The van der Waals surface area contributed by atoms with Crippen LogP contribution in [0.1, 0.15) is 40.0 Å². The van der Waals surface area contributed by atoms with Gasteiger partial charge < -0.3 is 26.4 Å². The number of rotatable bonds is 9. The van der Waals surface area contributed by atoms with E-state index in [0.29, 0.717) is 19.4 Å². The third-order valence-electron chi connectivity index (χ3n) is 3.82. The molecule has 25 heavy (non-hydrogen) atoms.